The molecule has 1 N–H and O–H groups in total. The Labute approximate surface area is 94.7 Å². The standard InChI is InChI=1S/C12H17FOS/c1-12(2,3)11(14)8-15-10-6-4-9(13)5-7-10/h4-7,11,14H,8H2,1-3H3. The maximum atomic E-state index is 12.6. The van der Waals surface area contributed by atoms with Crippen LogP contribution < -0.4 is 0 Å². The Hall–Kier alpha value is -0.540. The van der Waals surface area contributed by atoms with E-state index in [-0.39, 0.29) is 17.3 Å². The molecule has 1 atom stereocenters. The van der Waals surface area contributed by atoms with Crippen molar-refractivity contribution in [2.45, 2.75) is 31.8 Å². The average molecular weight is 228 g/mol. The van der Waals surface area contributed by atoms with E-state index in [0.29, 0.717) is 5.75 Å². The van der Waals surface area contributed by atoms with Crippen LogP contribution in [0.4, 0.5) is 4.39 Å². The number of aliphatic hydroxyl groups excluding tert-OH is 1. The third-order valence-electron chi connectivity index (χ3n) is 2.22. The topological polar surface area (TPSA) is 20.2 Å². The van der Waals surface area contributed by atoms with Gasteiger partial charge in [-0.05, 0) is 29.7 Å². The summed E-state index contributed by atoms with van der Waals surface area (Å²) >= 11 is 1.55. The number of hydrogen-bond acceptors (Lipinski definition) is 2. The first-order chi connectivity index (χ1) is 6.89. The van der Waals surface area contributed by atoms with Gasteiger partial charge in [0.05, 0.1) is 6.10 Å². The number of benzene rings is 1. The lowest BCUT2D eigenvalue weighted by molar-refractivity contribution is 0.0843. The van der Waals surface area contributed by atoms with Crippen molar-refractivity contribution in [3.8, 4) is 0 Å². The summed E-state index contributed by atoms with van der Waals surface area (Å²) in [4.78, 5) is 0.986. The molecule has 84 valence electrons. The van der Waals surface area contributed by atoms with Crippen molar-refractivity contribution in [1.29, 1.82) is 0 Å². The highest BCUT2D eigenvalue weighted by Crippen LogP contribution is 2.26. The monoisotopic (exact) mass is 228 g/mol. The number of rotatable bonds is 3. The molecule has 0 spiro atoms. The molecule has 0 fully saturated rings. The van der Waals surface area contributed by atoms with Gasteiger partial charge >= 0.3 is 0 Å². The van der Waals surface area contributed by atoms with Crippen molar-refractivity contribution >= 4 is 11.8 Å². The minimum atomic E-state index is -0.354. The molecule has 0 aliphatic heterocycles. The smallest absolute Gasteiger partial charge is 0.123 e. The minimum Gasteiger partial charge on any atom is -0.392 e. The summed E-state index contributed by atoms with van der Waals surface area (Å²) in [6.07, 6.45) is -0.354. The Balaban J connectivity index is 2.47. The van der Waals surface area contributed by atoms with E-state index in [1.54, 1.807) is 23.9 Å². The second-order valence-electron chi connectivity index (χ2n) is 4.65. The van der Waals surface area contributed by atoms with Crippen LogP contribution in [0.25, 0.3) is 0 Å². The Morgan fingerprint density at radius 1 is 1.27 bits per heavy atom. The van der Waals surface area contributed by atoms with Crippen molar-refractivity contribution in [3.05, 3.63) is 30.1 Å². The van der Waals surface area contributed by atoms with E-state index in [1.165, 1.54) is 12.1 Å². The summed E-state index contributed by atoms with van der Waals surface area (Å²) in [7, 11) is 0. The lowest BCUT2D eigenvalue weighted by atomic mass is 9.90. The summed E-state index contributed by atoms with van der Waals surface area (Å²) in [5.74, 6) is 0.408. The van der Waals surface area contributed by atoms with Gasteiger partial charge in [-0.25, -0.2) is 4.39 Å². The number of thioether (sulfide) groups is 1. The van der Waals surface area contributed by atoms with Gasteiger partial charge in [-0.1, -0.05) is 20.8 Å². The van der Waals surface area contributed by atoms with Crippen LogP contribution in [-0.2, 0) is 0 Å². The summed E-state index contributed by atoms with van der Waals surface area (Å²) < 4.78 is 12.6. The zero-order chi connectivity index (χ0) is 11.5. The lowest BCUT2D eigenvalue weighted by Crippen LogP contribution is -2.28. The molecule has 0 saturated heterocycles. The molecule has 0 aromatic heterocycles. The quantitative estimate of drug-likeness (QED) is 0.801. The molecular weight excluding hydrogens is 211 g/mol. The third kappa shape index (κ3) is 4.22. The maximum absolute atomic E-state index is 12.6. The minimum absolute atomic E-state index is 0.104. The fourth-order valence-corrected chi connectivity index (χ4v) is 2.13. The second kappa shape index (κ2) is 4.99. The third-order valence-corrected chi connectivity index (χ3v) is 3.31. The molecule has 1 aromatic rings. The van der Waals surface area contributed by atoms with Crippen LogP contribution in [-0.4, -0.2) is 17.0 Å². The van der Waals surface area contributed by atoms with Crippen LogP contribution in [0.5, 0.6) is 0 Å². The molecular formula is C12H17FOS. The van der Waals surface area contributed by atoms with E-state index in [9.17, 15) is 9.50 Å². The van der Waals surface area contributed by atoms with Crippen LogP contribution in [0.3, 0.4) is 0 Å². The van der Waals surface area contributed by atoms with E-state index >= 15 is 0 Å². The van der Waals surface area contributed by atoms with Crippen LogP contribution in [0, 0.1) is 11.2 Å². The first-order valence-corrected chi connectivity index (χ1v) is 5.94. The van der Waals surface area contributed by atoms with Crippen molar-refractivity contribution in [3.63, 3.8) is 0 Å². The molecule has 0 saturated carbocycles. The van der Waals surface area contributed by atoms with Crippen molar-refractivity contribution in [2.75, 3.05) is 5.75 Å². The molecule has 3 heteroatoms. The predicted molar refractivity (Wildman–Crippen MR) is 62.6 cm³/mol. The summed E-state index contributed by atoms with van der Waals surface area (Å²) in [5.41, 5.74) is -0.104. The first-order valence-electron chi connectivity index (χ1n) is 4.96. The van der Waals surface area contributed by atoms with Gasteiger partial charge in [0.25, 0.3) is 0 Å². The molecule has 0 amide bonds. The van der Waals surface area contributed by atoms with Crippen molar-refractivity contribution in [2.24, 2.45) is 5.41 Å². The first kappa shape index (κ1) is 12.5. The zero-order valence-electron chi connectivity index (χ0n) is 9.33. The van der Waals surface area contributed by atoms with E-state index < -0.39 is 0 Å². The fraction of sp³-hybridized carbons (Fsp3) is 0.500. The number of aliphatic hydroxyl groups is 1. The molecule has 1 aromatic carbocycles. The normalized spacial score (nSPS) is 13.9. The highest BCUT2D eigenvalue weighted by molar-refractivity contribution is 7.99. The second-order valence-corrected chi connectivity index (χ2v) is 5.74. The van der Waals surface area contributed by atoms with Crippen LogP contribution in [0.15, 0.2) is 29.2 Å². The Morgan fingerprint density at radius 2 is 1.80 bits per heavy atom. The van der Waals surface area contributed by atoms with Gasteiger partial charge in [0, 0.05) is 10.6 Å². The van der Waals surface area contributed by atoms with Crippen LogP contribution >= 0.6 is 11.8 Å². The Kier molecular flexibility index (Phi) is 4.17. The molecule has 0 aliphatic carbocycles. The van der Waals surface area contributed by atoms with Crippen molar-refractivity contribution < 1.29 is 9.50 Å². The van der Waals surface area contributed by atoms with Gasteiger partial charge in [-0.3, -0.25) is 0 Å². The van der Waals surface area contributed by atoms with Crippen LogP contribution in [0.2, 0.25) is 0 Å². The molecule has 1 unspecified atom stereocenters. The molecule has 1 rings (SSSR count). The van der Waals surface area contributed by atoms with E-state index in [2.05, 4.69) is 0 Å². The SMILES string of the molecule is CC(C)(C)C(O)CSc1ccc(F)cc1. The molecule has 0 aliphatic rings. The molecule has 15 heavy (non-hydrogen) atoms. The molecule has 0 heterocycles. The summed E-state index contributed by atoms with van der Waals surface area (Å²) in [5, 5.41) is 9.81. The molecule has 1 nitrogen and oxygen atoms in total. The van der Waals surface area contributed by atoms with E-state index in [1.807, 2.05) is 20.8 Å². The Bertz CT molecular complexity index is 302. The van der Waals surface area contributed by atoms with Crippen LogP contribution in [0.1, 0.15) is 20.8 Å². The average Bonchev–Trinajstić information content (AvgIpc) is 2.15. The van der Waals surface area contributed by atoms with Gasteiger partial charge < -0.3 is 5.11 Å². The number of hydrogen-bond donors (Lipinski definition) is 1. The predicted octanol–water partition coefficient (Wildman–Crippen LogP) is 3.32. The lowest BCUT2D eigenvalue weighted by Gasteiger charge is -2.25. The number of halogens is 1. The highest BCUT2D eigenvalue weighted by atomic mass is 32.2. The largest absolute Gasteiger partial charge is 0.392 e. The van der Waals surface area contributed by atoms with Gasteiger partial charge in [0.1, 0.15) is 5.82 Å². The zero-order valence-corrected chi connectivity index (χ0v) is 10.1. The maximum Gasteiger partial charge on any atom is 0.123 e. The van der Waals surface area contributed by atoms with E-state index in [0.717, 1.165) is 4.90 Å². The molecule has 0 radical (unpaired) electrons. The van der Waals surface area contributed by atoms with Crippen molar-refractivity contribution in [1.82, 2.24) is 0 Å². The van der Waals surface area contributed by atoms with E-state index in [4.69, 9.17) is 0 Å². The van der Waals surface area contributed by atoms with Gasteiger partial charge in [-0.2, -0.15) is 0 Å². The van der Waals surface area contributed by atoms with Gasteiger partial charge in [-0.15, -0.1) is 11.8 Å². The Morgan fingerprint density at radius 3 is 2.27 bits per heavy atom. The summed E-state index contributed by atoms with van der Waals surface area (Å²) in [6, 6.07) is 6.34. The highest BCUT2D eigenvalue weighted by Gasteiger charge is 2.21. The fourth-order valence-electron chi connectivity index (χ4n) is 0.956. The van der Waals surface area contributed by atoms with Gasteiger partial charge in [0.15, 0.2) is 0 Å². The molecule has 0 bridgehead atoms. The summed E-state index contributed by atoms with van der Waals surface area (Å²) in [6.45, 7) is 6.01. The van der Waals surface area contributed by atoms with Gasteiger partial charge in [0.2, 0.25) is 0 Å².